The SMILES string of the molecule is CCCCCN(CCO)C(=O)c1cc(C)cc(C)c1. The smallest absolute Gasteiger partial charge is 0.253 e. The number of aryl methyl sites for hydroxylation is 2. The van der Waals surface area contributed by atoms with Crippen molar-refractivity contribution in [3.63, 3.8) is 0 Å². The molecule has 0 aromatic heterocycles. The molecule has 0 saturated carbocycles. The number of aliphatic hydroxyl groups excluding tert-OH is 1. The lowest BCUT2D eigenvalue weighted by molar-refractivity contribution is 0.0718. The first-order valence-corrected chi connectivity index (χ1v) is 7.07. The predicted molar refractivity (Wildman–Crippen MR) is 78.4 cm³/mol. The van der Waals surface area contributed by atoms with Crippen molar-refractivity contribution in [3.05, 3.63) is 34.9 Å². The minimum Gasteiger partial charge on any atom is -0.395 e. The van der Waals surface area contributed by atoms with Crippen molar-refractivity contribution >= 4 is 5.91 Å². The van der Waals surface area contributed by atoms with E-state index in [2.05, 4.69) is 13.0 Å². The lowest BCUT2D eigenvalue weighted by Crippen LogP contribution is -2.34. The lowest BCUT2D eigenvalue weighted by atomic mass is 10.1. The van der Waals surface area contributed by atoms with Gasteiger partial charge in [-0.05, 0) is 32.4 Å². The van der Waals surface area contributed by atoms with Gasteiger partial charge in [-0.25, -0.2) is 0 Å². The first-order valence-electron chi connectivity index (χ1n) is 7.07. The molecule has 0 heterocycles. The van der Waals surface area contributed by atoms with E-state index in [1.165, 1.54) is 0 Å². The highest BCUT2D eigenvalue weighted by molar-refractivity contribution is 5.94. The van der Waals surface area contributed by atoms with Gasteiger partial charge < -0.3 is 10.0 Å². The van der Waals surface area contributed by atoms with Gasteiger partial charge in [-0.15, -0.1) is 0 Å². The van der Waals surface area contributed by atoms with Crippen LogP contribution >= 0.6 is 0 Å². The Morgan fingerprint density at radius 1 is 1.11 bits per heavy atom. The van der Waals surface area contributed by atoms with E-state index in [9.17, 15) is 4.79 Å². The van der Waals surface area contributed by atoms with E-state index in [0.29, 0.717) is 6.54 Å². The van der Waals surface area contributed by atoms with Gasteiger partial charge in [0.2, 0.25) is 0 Å². The summed E-state index contributed by atoms with van der Waals surface area (Å²) in [7, 11) is 0. The number of carbonyl (C=O) groups excluding carboxylic acids is 1. The standard InChI is InChI=1S/C16H25NO2/c1-4-5-6-7-17(8-9-18)16(19)15-11-13(2)10-14(3)12-15/h10-12,18H,4-9H2,1-3H3. The second-order valence-corrected chi connectivity index (χ2v) is 5.10. The summed E-state index contributed by atoms with van der Waals surface area (Å²) in [6.07, 6.45) is 3.24. The zero-order valence-electron chi connectivity index (χ0n) is 12.3. The monoisotopic (exact) mass is 263 g/mol. The van der Waals surface area contributed by atoms with E-state index in [1.807, 2.05) is 26.0 Å². The van der Waals surface area contributed by atoms with E-state index in [-0.39, 0.29) is 12.5 Å². The van der Waals surface area contributed by atoms with Crippen LogP contribution in [0.4, 0.5) is 0 Å². The molecule has 0 saturated heterocycles. The number of benzene rings is 1. The fourth-order valence-electron chi connectivity index (χ4n) is 2.27. The minimum atomic E-state index is 0.0165. The molecular weight excluding hydrogens is 238 g/mol. The molecule has 1 amide bonds. The van der Waals surface area contributed by atoms with Gasteiger partial charge in [0, 0.05) is 18.7 Å². The van der Waals surface area contributed by atoms with E-state index >= 15 is 0 Å². The van der Waals surface area contributed by atoms with E-state index in [1.54, 1.807) is 4.90 Å². The molecule has 1 rings (SSSR count). The van der Waals surface area contributed by atoms with Crippen LogP contribution in [0.15, 0.2) is 18.2 Å². The molecule has 0 spiro atoms. The van der Waals surface area contributed by atoms with Crippen molar-refractivity contribution < 1.29 is 9.90 Å². The number of hydrogen-bond donors (Lipinski definition) is 1. The second kappa shape index (κ2) is 7.95. The third-order valence-electron chi connectivity index (χ3n) is 3.16. The number of nitrogens with zero attached hydrogens (tertiary/aromatic N) is 1. The number of rotatable bonds is 7. The summed E-state index contributed by atoms with van der Waals surface area (Å²) in [5.74, 6) is 0.0250. The van der Waals surface area contributed by atoms with Crippen LogP contribution in [-0.4, -0.2) is 35.6 Å². The molecule has 1 aromatic carbocycles. The molecule has 0 radical (unpaired) electrons. The Morgan fingerprint density at radius 2 is 1.74 bits per heavy atom. The summed E-state index contributed by atoms with van der Waals surface area (Å²) in [4.78, 5) is 14.2. The molecule has 0 unspecified atom stereocenters. The first-order chi connectivity index (χ1) is 9.08. The number of aliphatic hydroxyl groups is 1. The maximum atomic E-state index is 12.4. The highest BCUT2D eigenvalue weighted by Gasteiger charge is 2.15. The van der Waals surface area contributed by atoms with Gasteiger partial charge in [-0.2, -0.15) is 0 Å². The Labute approximate surface area is 116 Å². The van der Waals surface area contributed by atoms with Gasteiger partial charge in [-0.1, -0.05) is 37.0 Å². The fourth-order valence-corrected chi connectivity index (χ4v) is 2.27. The second-order valence-electron chi connectivity index (χ2n) is 5.10. The van der Waals surface area contributed by atoms with Crippen LogP contribution in [0.1, 0.15) is 47.7 Å². The van der Waals surface area contributed by atoms with Crippen molar-refractivity contribution in [2.75, 3.05) is 19.7 Å². The zero-order valence-corrected chi connectivity index (χ0v) is 12.3. The molecule has 3 nitrogen and oxygen atoms in total. The van der Waals surface area contributed by atoms with Gasteiger partial charge in [0.25, 0.3) is 5.91 Å². The zero-order chi connectivity index (χ0) is 14.3. The molecule has 0 bridgehead atoms. The predicted octanol–water partition coefficient (Wildman–Crippen LogP) is 2.93. The molecule has 3 heteroatoms. The molecule has 0 atom stereocenters. The summed E-state index contributed by atoms with van der Waals surface area (Å²) < 4.78 is 0. The van der Waals surface area contributed by atoms with Crippen molar-refractivity contribution in [2.24, 2.45) is 0 Å². The Kier molecular flexibility index (Phi) is 6.57. The maximum absolute atomic E-state index is 12.4. The summed E-state index contributed by atoms with van der Waals surface area (Å²) in [5, 5.41) is 9.10. The fraction of sp³-hybridized carbons (Fsp3) is 0.562. The number of hydrogen-bond acceptors (Lipinski definition) is 2. The van der Waals surface area contributed by atoms with Crippen LogP contribution in [0.2, 0.25) is 0 Å². The summed E-state index contributed by atoms with van der Waals surface area (Å²) in [6.45, 7) is 7.29. The van der Waals surface area contributed by atoms with Gasteiger partial charge in [0.1, 0.15) is 0 Å². The molecule has 0 aliphatic carbocycles. The Hall–Kier alpha value is -1.35. The van der Waals surface area contributed by atoms with Crippen LogP contribution in [0, 0.1) is 13.8 Å². The molecule has 0 fully saturated rings. The molecular formula is C16H25NO2. The van der Waals surface area contributed by atoms with E-state index < -0.39 is 0 Å². The maximum Gasteiger partial charge on any atom is 0.253 e. The summed E-state index contributed by atoms with van der Waals surface area (Å²) >= 11 is 0. The highest BCUT2D eigenvalue weighted by atomic mass is 16.3. The minimum absolute atomic E-state index is 0.0165. The molecule has 19 heavy (non-hydrogen) atoms. The normalized spacial score (nSPS) is 10.5. The quantitative estimate of drug-likeness (QED) is 0.768. The van der Waals surface area contributed by atoms with Gasteiger partial charge in [0.15, 0.2) is 0 Å². The van der Waals surface area contributed by atoms with Crippen LogP contribution < -0.4 is 0 Å². The molecule has 1 N–H and O–H groups in total. The van der Waals surface area contributed by atoms with Crippen molar-refractivity contribution in [1.29, 1.82) is 0 Å². The van der Waals surface area contributed by atoms with Crippen LogP contribution in [0.5, 0.6) is 0 Å². The summed E-state index contributed by atoms with van der Waals surface area (Å²) in [5.41, 5.74) is 2.92. The van der Waals surface area contributed by atoms with Crippen LogP contribution in [-0.2, 0) is 0 Å². The number of unbranched alkanes of at least 4 members (excludes halogenated alkanes) is 2. The Balaban J connectivity index is 2.79. The molecule has 0 aliphatic heterocycles. The number of amides is 1. The molecule has 1 aromatic rings. The van der Waals surface area contributed by atoms with Gasteiger partial charge in [-0.3, -0.25) is 4.79 Å². The van der Waals surface area contributed by atoms with Crippen LogP contribution in [0.3, 0.4) is 0 Å². The Morgan fingerprint density at radius 3 is 2.26 bits per heavy atom. The molecule has 106 valence electrons. The third-order valence-corrected chi connectivity index (χ3v) is 3.16. The lowest BCUT2D eigenvalue weighted by Gasteiger charge is -2.22. The first kappa shape index (κ1) is 15.7. The highest BCUT2D eigenvalue weighted by Crippen LogP contribution is 2.12. The topological polar surface area (TPSA) is 40.5 Å². The van der Waals surface area contributed by atoms with Crippen molar-refractivity contribution in [3.8, 4) is 0 Å². The van der Waals surface area contributed by atoms with Gasteiger partial charge in [0.05, 0.1) is 6.61 Å². The average Bonchev–Trinajstić information content (AvgIpc) is 2.36. The van der Waals surface area contributed by atoms with Crippen molar-refractivity contribution in [1.82, 2.24) is 4.90 Å². The number of carbonyl (C=O) groups is 1. The Bertz CT molecular complexity index is 395. The molecule has 0 aliphatic rings. The largest absolute Gasteiger partial charge is 0.395 e. The van der Waals surface area contributed by atoms with E-state index in [4.69, 9.17) is 5.11 Å². The van der Waals surface area contributed by atoms with Crippen molar-refractivity contribution in [2.45, 2.75) is 40.0 Å². The summed E-state index contributed by atoms with van der Waals surface area (Å²) in [6, 6.07) is 5.89. The van der Waals surface area contributed by atoms with Crippen LogP contribution in [0.25, 0.3) is 0 Å². The van der Waals surface area contributed by atoms with Gasteiger partial charge >= 0.3 is 0 Å². The van der Waals surface area contributed by atoms with E-state index in [0.717, 1.165) is 42.5 Å². The average molecular weight is 263 g/mol. The third kappa shape index (κ3) is 5.03.